The molecule has 0 unspecified atom stereocenters. The summed E-state index contributed by atoms with van der Waals surface area (Å²) in [6.07, 6.45) is 1.67. The molecule has 0 aliphatic rings. The van der Waals surface area contributed by atoms with E-state index in [1.54, 1.807) is 13.1 Å². The molecule has 0 amide bonds. The Bertz CT molecular complexity index is 468. The van der Waals surface area contributed by atoms with E-state index in [9.17, 15) is 4.39 Å². The first-order valence-electron chi connectivity index (χ1n) is 3.89. The number of halogens is 2. The standard InChI is InChI=1S/C10H7BrFN/c1-6-9(12)5-8(11)7-3-2-4-13-10(6)7/h2-5H,1H3. The predicted molar refractivity (Wildman–Crippen MR) is 54.1 cm³/mol. The van der Waals surface area contributed by atoms with Gasteiger partial charge < -0.3 is 0 Å². The Morgan fingerprint density at radius 2 is 2.23 bits per heavy atom. The van der Waals surface area contributed by atoms with Crippen molar-refractivity contribution >= 4 is 26.8 Å². The Labute approximate surface area is 83.7 Å². The molecule has 1 aromatic heterocycles. The summed E-state index contributed by atoms with van der Waals surface area (Å²) >= 11 is 3.30. The topological polar surface area (TPSA) is 12.9 Å². The van der Waals surface area contributed by atoms with E-state index < -0.39 is 0 Å². The molecule has 1 aromatic carbocycles. The Kier molecular flexibility index (Phi) is 2.04. The van der Waals surface area contributed by atoms with Crippen molar-refractivity contribution in [3.8, 4) is 0 Å². The van der Waals surface area contributed by atoms with Gasteiger partial charge in [0.15, 0.2) is 0 Å². The lowest BCUT2D eigenvalue weighted by molar-refractivity contribution is 0.619. The molecule has 0 aliphatic carbocycles. The zero-order valence-electron chi connectivity index (χ0n) is 7.01. The van der Waals surface area contributed by atoms with E-state index in [2.05, 4.69) is 20.9 Å². The first-order chi connectivity index (χ1) is 6.20. The SMILES string of the molecule is Cc1c(F)cc(Br)c2cccnc12. The number of fused-ring (bicyclic) bond motifs is 1. The Hall–Kier alpha value is -0.960. The first-order valence-corrected chi connectivity index (χ1v) is 4.69. The normalized spacial score (nSPS) is 10.7. The summed E-state index contributed by atoms with van der Waals surface area (Å²) in [5.74, 6) is -0.224. The average molecular weight is 240 g/mol. The Morgan fingerprint density at radius 3 is 3.00 bits per heavy atom. The van der Waals surface area contributed by atoms with Crippen LogP contribution in [0.25, 0.3) is 10.9 Å². The molecule has 3 heteroatoms. The lowest BCUT2D eigenvalue weighted by Crippen LogP contribution is -1.88. The summed E-state index contributed by atoms with van der Waals surface area (Å²) in [7, 11) is 0. The highest BCUT2D eigenvalue weighted by atomic mass is 79.9. The molecule has 13 heavy (non-hydrogen) atoms. The maximum Gasteiger partial charge on any atom is 0.129 e. The van der Waals surface area contributed by atoms with Gasteiger partial charge in [0.05, 0.1) is 5.52 Å². The van der Waals surface area contributed by atoms with Gasteiger partial charge >= 0.3 is 0 Å². The van der Waals surface area contributed by atoms with Gasteiger partial charge in [-0.05, 0) is 35.0 Å². The monoisotopic (exact) mass is 239 g/mol. The van der Waals surface area contributed by atoms with Crippen LogP contribution in [0.1, 0.15) is 5.56 Å². The summed E-state index contributed by atoms with van der Waals surface area (Å²) in [6.45, 7) is 1.73. The quantitative estimate of drug-likeness (QED) is 0.687. The van der Waals surface area contributed by atoms with Gasteiger partial charge in [0, 0.05) is 21.6 Å². The molecule has 2 rings (SSSR count). The van der Waals surface area contributed by atoms with Gasteiger partial charge in [0.2, 0.25) is 0 Å². The third kappa shape index (κ3) is 1.33. The molecule has 1 nitrogen and oxygen atoms in total. The maximum absolute atomic E-state index is 13.2. The van der Waals surface area contributed by atoms with Crippen LogP contribution in [-0.2, 0) is 0 Å². The molecule has 2 aromatic rings. The van der Waals surface area contributed by atoms with Crippen LogP contribution in [0.4, 0.5) is 4.39 Å². The van der Waals surface area contributed by atoms with Crippen molar-refractivity contribution in [3.63, 3.8) is 0 Å². The largest absolute Gasteiger partial charge is 0.256 e. The van der Waals surface area contributed by atoms with Crippen molar-refractivity contribution < 1.29 is 4.39 Å². The number of hydrogen-bond donors (Lipinski definition) is 0. The molecule has 0 atom stereocenters. The number of benzene rings is 1. The summed E-state index contributed by atoms with van der Waals surface area (Å²) in [6, 6.07) is 5.22. The summed E-state index contributed by atoms with van der Waals surface area (Å²) in [5, 5.41) is 0.946. The van der Waals surface area contributed by atoms with E-state index in [1.807, 2.05) is 12.1 Å². The maximum atomic E-state index is 13.2. The van der Waals surface area contributed by atoms with E-state index in [0.717, 1.165) is 15.4 Å². The van der Waals surface area contributed by atoms with Crippen LogP contribution in [0, 0.1) is 12.7 Å². The molecule has 0 radical (unpaired) electrons. The summed E-state index contributed by atoms with van der Waals surface area (Å²) in [4.78, 5) is 4.13. The number of rotatable bonds is 0. The second-order valence-corrected chi connectivity index (χ2v) is 3.72. The number of hydrogen-bond acceptors (Lipinski definition) is 1. The van der Waals surface area contributed by atoms with Crippen LogP contribution in [-0.4, -0.2) is 4.98 Å². The van der Waals surface area contributed by atoms with Crippen molar-refractivity contribution in [2.75, 3.05) is 0 Å². The van der Waals surface area contributed by atoms with E-state index in [0.29, 0.717) is 5.56 Å². The van der Waals surface area contributed by atoms with Gasteiger partial charge in [0.1, 0.15) is 5.82 Å². The highest BCUT2D eigenvalue weighted by molar-refractivity contribution is 9.10. The van der Waals surface area contributed by atoms with Crippen molar-refractivity contribution in [2.24, 2.45) is 0 Å². The fourth-order valence-corrected chi connectivity index (χ4v) is 1.83. The molecule has 0 fully saturated rings. The minimum absolute atomic E-state index is 0.224. The second kappa shape index (κ2) is 3.07. The Morgan fingerprint density at radius 1 is 1.46 bits per heavy atom. The predicted octanol–water partition coefficient (Wildman–Crippen LogP) is 3.44. The molecule has 0 saturated heterocycles. The fraction of sp³-hybridized carbons (Fsp3) is 0.100. The minimum Gasteiger partial charge on any atom is -0.256 e. The smallest absolute Gasteiger partial charge is 0.129 e. The zero-order valence-corrected chi connectivity index (χ0v) is 8.60. The lowest BCUT2D eigenvalue weighted by atomic mass is 10.1. The van der Waals surface area contributed by atoms with Crippen LogP contribution >= 0.6 is 15.9 Å². The van der Waals surface area contributed by atoms with Crippen molar-refractivity contribution in [2.45, 2.75) is 6.92 Å². The van der Waals surface area contributed by atoms with E-state index in [4.69, 9.17) is 0 Å². The van der Waals surface area contributed by atoms with E-state index in [-0.39, 0.29) is 5.82 Å². The van der Waals surface area contributed by atoms with Gasteiger partial charge in [-0.15, -0.1) is 0 Å². The van der Waals surface area contributed by atoms with Crippen LogP contribution in [0.15, 0.2) is 28.9 Å². The van der Waals surface area contributed by atoms with Gasteiger partial charge in [-0.1, -0.05) is 6.07 Å². The van der Waals surface area contributed by atoms with Gasteiger partial charge in [-0.25, -0.2) is 4.39 Å². The average Bonchev–Trinajstić information content (AvgIpc) is 2.15. The Balaban J connectivity index is 2.97. The molecular weight excluding hydrogens is 233 g/mol. The second-order valence-electron chi connectivity index (χ2n) is 2.86. The molecule has 66 valence electrons. The highest BCUT2D eigenvalue weighted by Gasteiger charge is 2.07. The number of aromatic nitrogens is 1. The van der Waals surface area contributed by atoms with Crippen molar-refractivity contribution in [1.29, 1.82) is 0 Å². The molecule has 0 aliphatic heterocycles. The summed E-state index contributed by atoms with van der Waals surface area (Å²) < 4.78 is 14.0. The van der Waals surface area contributed by atoms with Gasteiger partial charge in [0.25, 0.3) is 0 Å². The van der Waals surface area contributed by atoms with Crippen LogP contribution in [0.3, 0.4) is 0 Å². The molecule has 0 N–H and O–H groups in total. The molecule has 1 heterocycles. The number of pyridine rings is 1. The van der Waals surface area contributed by atoms with Crippen molar-refractivity contribution in [3.05, 3.63) is 40.2 Å². The first kappa shape index (κ1) is 8.63. The number of nitrogens with zero attached hydrogens (tertiary/aromatic N) is 1. The lowest BCUT2D eigenvalue weighted by Gasteiger charge is -2.03. The molecule has 0 saturated carbocycles. The van der Waals surface area contributed by atoms with Crippen molar-refractivity contribution in [1.82, 2.24) is 4.98 Å². The van der Waals surface area contributed by atoms with Crippen LogP contribution in [0.5, 0.6) is 0 Å². The number of aryl methyl sites for hydroxylation is 1. The highest BCUT2D eigenvalue weighted by Crippen LogP contribution is 2.26. The molecular formula is C10H7BrFN. The van der Waals surface area contributed by atoms with E-state index in [1.165, 1.54) is 6.07 Å². The molecule has 0 bridgehead atoms. The van der Waals surface area contributed by atoms with Gasteiger partial charge in [-0.3, -0.25) is 4.98 Å². The van der Waals surface area contributed by atoms with Gasteiger partial charge in [-0.2, -0.15) is 0 Å². The van der Waals surface area contributed by atoms with E-state index >= 15 is 0 Å². The molecule has 0 spiro atoms. The van der Waals surface area contributed by atoms with Crippen LogP contribution in [0.2, 0.25) is 0 Å². The zero-order chi connectivity index (χ0) is 9.42. The third-order valence-electron chi connectivity index (χ3n) is 2.03. The third-order valence-corrected chi connectivity index (χ3v) is 2.69. The minimum atomic E-state index is -0.224. The van der Waals surface area contributed by atoms with Crippen LogP contribution < -0.4 is 0 Å². The fourth-order valence-electron chi connectivity index (χ4n) is 1.31. The summed E-state index contributed by atoms with van der Waals surface area (Å²) in [5.41, 5.74) is 1.31.